The van der Waals surface area contributed by atoms with Crippen LogP contribution in [0.2, 0.25) is 0 Å². The van der Waals surface area contributed by atoms with E-state index >= 15 is 0 Å². The smallest absolute Gasteiger partial charge is 0.494 e. The topological polar surface area (TPSA) is 101 Å². The predicted molar refractivity (Wildman–Crippen MR) is 182 cm³/mol. The Morgan fingerprint density at radius 2 is 1.11 bits per heavy atom. The number of carbonyl (C=O) groups excluding carboxylic acids is 3. The lowest BCUT2D eigenvalue weighted by Gasteiger charge is -2.30. The van der Waals surface area contributed by atoms with Gasteiger partial charge in [-0.25, -0.2) is 14.4 Å². The predicted octanol–water partition coefficient (Wildman–Crippen LogP) is 9.90. The van der Waals surface area contributed by atoms with Crippen molar-refractivity contribution in [2.45, 2.75) is 123 Å². The van der Waals surface area contributed by atoms with Crippen LogP contribution in [0.15, 0.2) is 48.5 Å². The first-order chi connectivity index (χ1) is 23.0. The Morgan fingerprint density at radius 3 is 1.70 bits per heavy atom. The molecule has 9 nitrogen and oxygen atoms in total. The summed E-state index contributed by atoms with van der Waals surface area (Å²) in [6.45, 7) is 6.45. The molecular formula is C38H55NO8. The number of rotatable bonds is 21. The highest BCUT2D eigenvalue weighted by Gasteiger charge is 2.26. The van der Waals surface area contributed by atoms with Gasteiger partial charge in [-0.3, -0.25) is 0 Å². The molecule has 1 aliphatic heterocycles. The highest BCUT2D eigenvalue weighted by molar-refractivity contribution is 5.91. The highest BCUT2D eigenvalue weighted by Crippen LogP contribution is 2.21. The first-order valence-corrected chi connectivity index (χ1v) is 17.8. The second-order valence-corrected chi connectivity index (χ2v) is 12.2. The van der Waals surface area contributed by atoms with Gasteiger partial charge in [0.15, 0.2) is 0 Å². The molecule has 1 fully saturated rings. The number of esters is 1. The number of amides is 1. The monoisotopic (exact) mass is 653 g/mol. The molecule has 0 N–H and O–H groups in total. The molecule has 0 aromatic heterocycles. The van der Waals surface area contributed by atoms with Gasteiger partial charge in [-0.1, -0.05) is 90.9 Å². The molecule has 0 atom stereocenters. The summed E-state index contributed by atoms with van der Waals surface area (Å²) in [5, 5.41) is 0. The van der Waals surface area contributed by atoms with Crippen LogP contribution in [0.25, 0.3) is 0 Å². The zero-order valence-electron chi connectivity index (χ0n) is 28.6. The van der Waals surface area contributed by atoms with Crippen LogP contribution < -0.4 is 14.2 Å². The third-order valence-corrected chi connectivity index (χ3v) is 8.28. The number of ether oxygens (including phenoxy) is 5. The van der Waals surface area contributed by atoms with Crippen LogP contribution in [0.1, 0.15) is 127 Å². The molecule has 0 saturated carbocycles. The van der Waals surface area contributed by atoms with Gasteiger partial charge >= 0.3 is 18.2 Å². The summed E-state index contributed by atoms with van der Waals surface area (Å²) in [6, 6.07) is 13.1. The molecular weight excluding hydrogens is 598 g/mol. The molecule has 1 aliphatic rings. The number of unbranched alkanes of at least 4 members (excludes halogenated alkanes) is 12. The molecule has 260 valence electrons. The van der Waals surface area contributed by atoms with E-state index in [1.165, 1.54) is 94.9 Å². The van der Waals surface area contributed by atoms with Crippen molar-refractivity contribution < 1.29 is 38.1 Å². The number of nitrogens with zero attached hydrogens (tertiary/aromatic N) is 1. The van der Waals surface area contributed by atoms with Crippen LogP contribution in [-0.2, 0) is 9.47 Å². The Labute approximate surface area is 281 Å². The summed E-state index contributed by atoms with van der Waals surface area (Å²) in [4.78, 5) is 39.0. The molecule has 1 amide bonds. The fourth-order valence-electron chi connectivity index (χ4n) is 5.40. The van der Waals surface area contributed by atoms with Gasteiger partial charge in [0.05, 0.1) is 18.8 Å². The second-order valence-electron chi connectivity index (χ2n) is 12.2. The normalized spacial score (nSPS) is 13.2. The SMILES string of the molecule is CCCCCCCCCCOc1ccc(OC(=O)c2ccc(OC(=O)OC3CCN(C(=O)OCCCCCCCC)CC3)cc2)cc1. The molecule has 2 aromatic carbocycles. The van der Waals surface area contributed by atoms with E-state index < -0.39 is 12.1 Å². The summed E-state index contributed by atoms with van der Waals surface area (Å²) in [7, 11) is 0. The van der Waals surface area contributed by atoms with E-state index in [1.807, 2.05) is 0 Å². The molecule has 0 spiro atoms. The van der Waals surface area contributed by atoms with Gasteiger partial charge in [0.1, 0.15) is 23.4 Å². The van der Waals surface area contributed by atoms with Crippen LogP contribution in [-0.4, -0.2) is 55.5 Å². The van der Waals surface area contributed by atoms with Gasteiger partial charge in [0, 0.05) is 25.9 Å². The minimum atomic E-state index is -0.825. The molecule has 0 bridgehead atoms. The van der Waals surface area contributed by atoms with Crippen LogP contribution >= 0.6 is 0 Å². The standard InChI is InChI=1S/C38H55NO8/c1-3-5-7-9-11-12-14-15-29-43-32-21-23-33(24-22-32)45-36(40)31-17-19-34(20-18-31)46-38(42)47-35-25-27-39(28-26-35)37(41)44-30-16-13-10-8-6-4-2/h17-24,35H,3-16,25-30H2,1-2H3. The Kier molecular flexibility index (Phi) is 18.2. The van der Waals surface area contributed by atoms with Crippen molar-refractivity contribution in [2.24, 2.45) is 0 Å². The Hall–Kier alpha value is -3.75. The quantitative estimate of drug-likeness (QED) is 0.0568. The van der Waals surface area contributed by atoms with Crippen molar-refractivity contribution in [1.29, 1.82) is 0 Å². The summed E-state index contributed by atoms with van der Waals surface area (Å²) in [5.41, 5.74) is 0.316. The first-order valence-electron chi connectivity index (χ1n) is 17.8. The number of benzene rings is 2. The zero-order valence-corrected chi connectivity index (χ0v) is 28.6. The third-order valence-electron chi connectivity index (χ3n) is 8.28. The van der Waals surface area contributed by atoms with Crippen LogP contribution in [0, 0.1) is 0 Å². The first kappa shape index (κ1) is 37.7. The van der Waals surface area contributed by atoms with E-state index in [4.69, 9.17) is 23.7 Å². The number of likely N-dealkylation sites (tertiary alicyclic amines) is 1. The average molecular weight is 654 g/mol. The maximum atomic E-state index is 12.6. The maximum absolute atomic E-state index is 12.6. The van der Waals surface area contributed by atoms with E-state index in [9.17, 15) is 14.4 Å². The maximum Gasteiger partial charge on any atom is 0.514 e. The van der Waals surface area contributed by atoms with Crippen molar-refractivity contribution in [2.75, 3.05) is 26.3 Å². The van der Waals surface area contributed by atoms with E-state index in [1.54, 1.807) is 29.2 Å². The van der Waals surface area contributed by atoms with Gasteiger partial charge in [0.2, 0.25) is 0 Å². The average Bonchev–Trinajstić information content (AvgIpc) is 3.08. The zero-order chi connectivity index (χ0) is 33.5. The molecule has 1 heterocycles. The van der Waals surface area contributed by atoms with Gasteiger partial charge in [-0.05, 0) is 61.4 Å². The molecule has 2 aromatic rings. The number of carbonyl (C=O) groups is 3. The van der Waals surface area contributed by atoms with Gasteiger partial charge in [-0.2, -0.15) is 0 Å². The third kappa shape index (κ3) is 15.6. The fourth-order valence-corrected chi connectivity index (χ4v) is 5.40. The van der Waals surface area contributed by atoms with Crippen LogP contribution in [0.5, 0.6) is 17.2 Å². The van der Waals surface area contributed by atoms with Crippen LogP contribution in [0.3, 0.4) is 0 Å². The Bertz CT molecular complexity index is 1160. The van der Waals surface area contributed by atoms with Crippen LogP contribution in [0.4, 0.5) is 9.59 Å². The van der Waals surface area contributed by atoms with Crippen molar-refractivity contribution >= 4 is 18.2 Å². The minimum absolute atomic E-state index is 0.250. The molecule has 0 unspecified atom stereocenters. The van der Waals surface area contributed by atoms with E-state index in [-0.39, 0.29) is 17.9 Å². The molecule has 9 heteroatoms. The van der Waals surface area contributed by atoms with Gasteiger partial charge in [-0.15, -0.1) is 0 Å². The lowest BCUT2D eigenvalue weighted by molar-refractivity contribution is 0.0217. The number of hydrogen-bond acceptors (Lipinski definition) is 8. The van der Waals surface area contributed by atoms with E-state index in [0.717, 1.165) is 25.0 Å². The lowest BCUT2D eigenvalue weighted by Crippen LogP contribution is -2.42. The summed E-state index contributed by atoms with van der Waals surface area (Å²) in [6.07, 6.45) is 16.4. The van der Waals surface area contributed by atoms with E-state index in [2.05, 4.69) is 13.8 Å². The van der Waals surface area contributed by atoms with Crippen molar-refractivity contribution in [3.63, 3.8) is 0 Å². The second kappa shape index (κ2) is 22.7. The van der Waals surface area contributed by atoms with Gasteiger partial charge in [0.25, 0.3) is 0 Å². The van der Waals surface area contributed by atoms with E-state index in [0.29, 0.717) is 50.5 Å². The van der Waals surface area contributed by atoms with Gasteiger partial charge < -0.3 is 28.6 Å². The van der Waals surface area contributed by atoms with Crippen molar-refractivity contribution in [3.05, 3.63) is 54.1 Å². The van der Waals surface area contributed by atoms with Crippen molar-refractivity contribution in [1.82, 2.24) is 4.90 Å². The summed E-state index contributed by atoms with van der Waals surface area (Å²) >= 11 is 0. The number of hydrogen-bond donors (Lipinski definition) is 0. The molecule has 0 aliphatic carbocycles. The molecule has 3 rings (SSSR count). The minimum Gasteiger partial charge on any atom is -0.494 e. The lowest BCUT2D eigenvalue weighted by atomic mass is 10.1. The largest absolute Gasteiger partial charge is 0.514 e. The molecule has 0 radical (unpaired) electrons. The molecule has 1 saturated heterocycles. The summed E-state index contributed by atoms with van der Waals surface area (Å²) < 4.78 is 27.4. The Morgan fingerprint density at radius 1 is 0.617 bits per heavy atom. The fraction of sp³-hybridized carbons (Fsp3) is 0.605. The molecule has 47 heavy (non-hydrogen) atoms. The number of piperidine rings is 1. The summed E-state index contributed by atoms with van der Waals surface area (Å²) in [5.74, 6) is 0.882. The highest BCUT2D eigenvalue weighted by atomic mass is 16.7. The van der Waals surface area contributed by atoms with Crippen molar-refractivity contribution in [3.8, 4) is 17.2 Å². The Balaban J connectivity index is 1.28.